The predicted octanol–water partition coefficient (Wildman–Crippen LogP) is 3.03. The monoisotopic (exact) mass is 334 g/mol. The molecule has 2 heterocycles. The molecular formula is C12H13Cl3N4O. The van der Waals surface area contributed by atoms with Gasteiger partial charge in [0.1, 0.15) is 5.02 Å². The molecular weight excluding hydrogens is 323 g/mol. The Morgan fingerprint density at radius 3 is 2.50 bits per heavy atom. The van der Waals surface area contributed by atoms with E-state index in [2.05, 4.69) is 10.1 Å². The maximum absolute atomic E-state index is 12.0. The van der Waals surface area contributed by atoms with Crippen molar-refractivity contribution in [2.75, 3.05) is 0 Å². The highest BCUT2D eigenvalue weighted by molar-refractivity contribution is 6.40. The van der Waals surface area contributed by atoms with Gasteiger partial charge in [0.05, 0.1) is 29.3 Å². The van der Waals surface area contributed by atoms with Gasteiger partial charge in [-0.05, 0) is 13.3 Å². The van der Waals surface area contributed by atoms with Gasteiger partial charge in [0.2, 0.25) is 0 Å². The predicted molar refractivity (Wildman–Crippen MR) is 79.9 cm³/mol. The van der Waals surface area contributed by atoms with E-state index in [0.717, 1.165) is 17.8 Å². The van der Waals surface area contributed by atoms with Gasteiger partial charge in [-0.25, -0.2) is 4.98 Å². The van der Waals surface area contributed by atoms with Gasteiger partial charge < -0.3 is 0 Å². The molecule has 0 saturated heterocycles. The Morgan fingerprint density at radius 2 is 1.90 bits per heavy atom. The molecule has 0 N–H and O–H groups in total. The minimum Gasteiger partial charge on any atom is -0.292 e. The minimum absolute atomic E-state index is 0.00254. The number of aromatic nitrogens is 4. The highest BCUT2D eigenvalue weighted by atomic mass is 35.5. The van der Waals surface area contributed by atoms with Gasteiger partial charge in [-0.1, -0.05) is 41.7 Å². The van der Waals surface area contributed by atoms with E-state index in [0.29, 0.717) is 11.6 Å². The van der Waals surface area contributed by atoms with Gasteiger partial charge in [0, 0.05) is 6.54 Å². The van der Waals surface area contributed by atoms with E-state index < -0.39 is 5.56 Å². The summed E-state index contributed by atoms with van der Waals surface area (Å²) in [6, 6.07) is 0. The molecule has 0 spiro atoms. The Bertz CT molecular complexity index is 693. The van der Waals surface area contributed by atoms with Crippen LogP contribution in [-0.2, 0) is 19.5 Å². The van der Waals surface area contributed by atoms with Gasteiger partial charge >= 0.3 is 0 Å². The van der Waals surface area contributed by atoms with Crippen molar-refractivity contribution < 1.29 is 0 Å². The molecule has 0 amide bonds. The molecule has 0 fully saturated rings. The molecule has 2 aromatic heterocycles. The standard InChI is InChI=1S/C12H13Cl3N4O/c1-3-7-9(13)8(19(4-2)17-7)5-18-6-16-11(15)10(14)12(18)20/h6H,3-5H2,1-2H3. The summed E-state index contributed by atoms with van der Waals surface area (Å²) in [6.07, 6.45) is 2.08. The molecule has 0 aliphatic carbocycles. The van der Waals surface area contributed by atoms with Gasteiger partial charge in [0.15, 0.2) is 5.15 Å². The summed E-state index contributed by atoms with van der Waals surface area (Å²) in [5.74, 6) is 0. The topological polar surface area (TPSA) is 52.7 Å². The van der Waals surface area contributed by atoms with Gasteiger partial charge in [-0.2, -0.15) is 5.10 Å². The van der Waals surface area contributed by atoms with Crippen molar-refractivity contribution in [2.24, 2.45) is 0 Å². The lowest BCUT2D eigenvalue weighted by Crippen LogP contribution is -2.23. The number of nitrogens with zero attached hydrogens (tertiary/aromatic N) is 4. The second kappa shape index (κ2) is 6.16. The zero-order valence-electron chi connectivity index (χ0n) is 11.0. The van der Waals surface area contributed by atoms with E-state index in [1.165, 1.54) is 10.9 Å². The molecule has 20 heavy (non-hydrogen) atoms. The Labute approximate surface area is 131 Å². The molecule has 5 nitrogen and oxygen atoms in total. The highest BCUT2D eigenvalue weighted by Crippen LogP contribution is 2.22. The first kappa shape index (κ1) is 15.4. The molecule has 8 heteroatoms. The lowest BCUT2D eigenvalue weighted by Gasteiger charge is -2.08. The summed E-state index contributed by atoms with van der Waals surface area (Å²) >= 11 is 17.8. The van der Waals surface area contributed by atoms with Gasteiger partial charge in [0.25, 0.3) is 5.56 Å². The summed E-state index contributed by atoms with van der Waals surface area (Å²) < 4.78 is 3.14. The zero-order valence-corrected chi connectivity index (χ0v) is 13.3. The largest absolute Gasteiger partial charge is 0.292 e. The summed E-state index contributed by atoms with van der Waals surface area (Å²) in [5, 5.41) is 4.88. The Morgan fingerprint density at radius 1 is 1.20 bits per heavy atom. The van der Waals surface area contributed by atoms with Crippen LogP contribution in [0.25, 0.3) is 0 Å². The molecule has 0 radical (unpaired) electrons. The summed E-state index contributed by atoms with van der Waals surface area (Å²) in [4.78, 5) is 15.9. The smallest absolute Gasteiger partial charge is 0.274 e. The Hall–Kier alpha value is -1.04. The third-order valence-electron chi connectivity index (χ3n) is 2.95. The van der Waals surface area contributed by atoms with Crippen molar-refractivity contribution in [1.82, 2.24) is 19.3 Å². The maximum atomic E-state index is 12.0. The number of aryl methyl sites for hydroxylation is 2. The first-order valence-corrected chi connectivity index (χ1v) is 7.27. The van der Waals surface area contributed by atoms with Crippen molar-refractivity contribution in [1.29, 1.82) is 0 Å². The van der Waals surface area contributed by atoms with Crippen LogP contribution in [0.5, 0.6) is 0 Å². The van der Waals surface area contributed by atoms with Crippen LogP contribution in [0.4, 0.5) is 0 Å². The van der Waals surface area contributed by atoms with E-state index >= 15 is 0 Å². The van der Waals surface area contributed by atoms with Crippen molar-refractivity contribution in [3.05, 3.63) is 43.3 Å². The number of hydrogen-bond acceptors (Lipinski definition) is 3. The third kappa shape index (κ3) is 2.71. The average Bonchev–Trinajstić information content (AvgIpc) is 2.75. The van der Waals surface area contributed by atoms with E-state index in [9.17, 15) is 4.79 Å². The van der Waals surface area contributed by atoms with Crippen molar-refractivity contribution >= 4 is 34.8 Å². The number of halogens is 3. The Kier molecular flexibility index (Phi) is 4.73. The normalized spacial score (nSPS) is 11.1. The van der Waals surface area contributed by atoms with Crippen molar-refractivity contribution in [3.8, 4) is 0 Å². The lowest BCUT2D eigenvalue weighted by atomic mass is 10.3. The first-order valence-electron chi connectivity index (χ1n) is 6.14. The third-order valence-corrected chi connectivity index (χ3v) is 4.11. The van der Waals surface area contributed by atoms with E-state index in [1.807, 2.05) is 13.8 Å². The molecule has 0 aliphatic rings. The van der Waals surface area contributed by atoms with Crippen molar-refractivity contribution in [3.63, 3.8) is 0 Å². The fraction of sp³-hybridized carbons (Fsp3) is 0.417. The molecule has 2 aromatic rings. The summed E-state index contributed by atoms with van der Waals surface area (Å²) in [5.41, 5.74) is 1.17. The minimum atomic E-state index is -0.398. The number of rotatable bonds is 4. The van der Waals surface area contributed by atoms with Gasteiger partial charge in [-0.15, -0.1) is 0 Å². The second-order valence-electron chi connectivity index (χ2n) is 4.16. The molecule has 2 rings (SSSR count). The lowest BCUT2D eigenvalue weighted by molar-refractivity contribution is 0.586. The fourth-order valence-electron chi connectivity index (χ4n) is 1.89. The van der Waals surface area contributed by atoms with Crippen LogP contribution in [0.1, 0.15) is 25.2 Å². The van der Waals surface area contributed by atoms with Crippen LogP contribution < -0.4 is 5.56 Å². The van der Waals surface area contributed by atoms with Gasteiger partial charge in [-0.3, -0.25) is 14.0 Å². The first-order chi connectivity index (χ1) is 9.49. The molecule has 0 bridgehead atoms. The van der Waals surface area contributed by atoms with Crippen LogP contribution >= 0.6 is 34.8 Å². The molecule has 0 saturated carbocycles. The quantitative estimate of drug-likeness (QED) is 0.807. The van der Waals surface area contributed by atoms with Crippen LogP contribution in [0.3, 0.4) is 0 Å². The van der Waals surface area contributed by atoms with Crippen LogP contribution in [-0.4, -0.2) is 19.3 Å². The molecule has 108 valence electrons. The maximum Gasteiger partial charge on any atom is 0.274 e. The Balaban J connectivity index is 2.47. The molecule has 0 aliphatic heterocycles. The summed E-state index contributed by atoms with van der Waals surface area (Å²) in [7, 11) is 0. The van der Waals surface area contributed by atoms with Crippen LogP contribution in [0.2, 0.25) is 15.2 Å². The van der Waals surface area contributed by atoms with E-state index in [-0.39, 0.29) is 16.7 Å². The van der Waals surface area contributed by atoms with E-state index in [4.69, 9.17) is 34.8 Å². The fourth-order valence-corrected chi connectivity index (χ4v) is 2.50. The average molecular weight is 336 g/mol. The zero-order chi connectivity index (χ0) is 14.9. The van der Waals surface area contributed by atoms with Crippen LogP contribution in [0, 0.1) is 0 Å². The molecule has 0 unspecified atom stereocenters. The molecule has 0 aromatic carbocycles. The summed E-state index contributed by atoms with van der Waals surface area (Å²) in [6.45, 7) is 4.86. The van der Waals surface area contributed by atoms with Crippen LogP contribution in [0.15, 0.2) is 11.1 Å². The SMILES string of the molecule is CCc1nn(CC)c(Cn2cnc(Cl)c(Cl)c2=O)c1Cl. The van der Waals surface area contributed by atoms with Crippen molar-refractivity contribution in [2.45, 2.75) is 33.4 Å². The highest BCUT2D eigenvalue weighted by Gasteiger charge is 2.16. The van der Waals surface area contributed by atoms with E-state index in [1.54, 1.807) is 4.68 Å². The number of hydrogen-bond donors (Lipinski definition) is 0. The second-order valence-corrected chi connectivity index (χ2v) is 5.27. The molecule has 0 atom stereocenters.